The van der Waals surface area contributed by atoms with Gasteiger partial charge in [0.15, 0.2) is 0 Å². The van der Waals surface area contributed by atoms with E-state index in [0.29, 0.717) is 12.6 Å². The van der Waals surface area contributed by atoms with Gasteiger partial charge in [-0.15, -0.1) is 0 Å². The molecule has 0 radical (unpaired) electrons. The van der Waals surface area contributed by atoms with Crippen molar-refractivity contribution in [2.75, 3.05) is 6.61 Å². The summed E-state index contributed by atoms with van der Waals surface area (Å²) in [5.74, 6) is 0.896. The first-order chi connectivity index (χ1) is 9.70. The van der Waals surface area contributed by atoms with Gasteiger partial charge in [0.1, 0.15) is 5.75 Å². The topological polar surface area (TPSA) is 21.3 Å². The van der Waals surface area contributed by atoms with Crippen LogP contribution in [0.3, 0.4) is 0 Å². The highest BCUT2D eigenvalue weighted by molar-refractivity contribution is 9.10. The molecule has 1 atom stereocenters. The first-order valence-corrected chi connectivity index (χ1v) is 7.69. The summed E-state index contributed by atoms with van der Waals surface area (Å²) < 4.78 is 6.52. The average Bonchev–Trinajstić information content (AvgIpc) is 2.48. The lowest BCUT2D eigenvalue weighted by Gasteiger charge is -2.15. The van der Waals surface area contributed by atoms with Gasteiger partial charge in [-0.05, 0) is 53.0 Å². The molecule has 0 saturated carbocycles. The molecule has 2 aromatic rings. The van der Waals surface area contributed by atoms with Crippen molar-refractivity contribution in [1.82, 2.24) is 5.32 Å². The van der Waals surface area contributed by atoms with Crippen LogP contribution in [0.1, 0.15) is 31.0 Å². The molecule has 1 N–H and O–H groups in total. The predicted octanol–water partition coefficient (Wildman–Crippen LogP) is 4.70. The minimum absolute atomic E-state index is 0.335. The van der Waals surface area contributed by atoms with Gasteiger partial charge in [0.2, 0.25) is 0 Å². The van der Waals surface area contributed by atoms with Crippen LogP contribution in [0, 0.1) is 0 Å². The van der Waals surface area contributed by atoms with E-state index in [1.165, 1.54) is 11.1 Å². The molecular formula is C17H20BrNO. The van der Waals surface area contributed by atoms with Crippen molar-refractivity contribution in [2.24, 2.45) is 0 Å². The summed E-state index contributed by atoms with van der Waals surface area (Å²) in [6.07, 6.45) is 0. The highest BCUT2D eigenvalue weighted by Gasteiger charge is 2.06. The van der Waals surface area contributed by atoms with Crippen molar-refractivity contribution in [2.45, 2.75) is 26.4 Å². The van der Waals surface area contributed by atoms with Gasteiger partial charge in [-0.3, -0.25) is 0 Å². The fourth-order valence-corrected chi connectivity index (χ4v) is 2.60. The van der Waals surface area contributed by atoms with E-state index in [2.05, 4.69) is 64.6 Å². The van der Waals surface area contributed by atoms with Crippen molar-refractivity contribution in [1.29, 1.82) is 0 Å². The van der Waals surface area contributed by atoms with Crippen LogP contribution >= 0.6 is 15.9 Å². The third-order valence-electron chi connectivity index (χ3n) is 3.21. The summed E-state index contributed by atoms with van der Waals surface area (Å²) in [7, 11) is 0. The number of halogens is 1. The van der Waals surface area contributed by atoms with E-state index >= 15 is 0 Å². The number of rotatable bonds is 6. The third kappa shape index (κ3) is 4.09. The van der Waals surface area contributed by atoms with Crippen molar-refractivity contribution in [3.8, 4) is 5.75 Å². The fraction of sp³-hybridized carbons (Fsp3) is 0.294. The van der Waals surface area contributed by atoms with E-state index in [1.807, 2.05) is 19.1 Å². The number of nitrogens with one attached hydrogen (secondary N) is 1. The van der Waals surface area contributed by atoms with Crippen molar-refractivity contribution < 1.29 is 4.74 Å². The number of hydrogen-bond acceptors (Lipinski definition) is 2. The molecule has 0 saturated heterocycles. The fourth-order valence-electron chi connectivity index (χ4n) is 2.06. The quantitative estimate of drug-likeness (QED) is 0.827. The zero-order valence-electron chi connectivity index (χ0n) is 11.9. The van der Waals surface area contributed by atoms with Crippen LogP contribution in [0.15, 0.2) is 53.0 Å². The largest absolute Gasteiger partial charge is 0.493 e. The molecule has 2 aromatic carbocycles. The highest BCUT2D eigenvalue weighted by Crippen LogP contribution is 2.26. The summed E-state index contributed by atoms with van der Waals surface area (Å²) in [4.78, 5) is 0. The Morgan fingerprint density at radius 1 is 1.15 bits per heavy atom. The second kappa shape index (κ2) is 7.46. The second-order valence-electron chi connectivity index (χ2n) is 4.71. The SMILES string of the molecule is CCOc1ccc(CNC(C)c2ccccc2)cc1Br. The van der Waals surface area contributed by atoms with Crippen LogP contribution in [0.5, 0.6) is 5.75 Å². The van der Waals surface area contributed by atoms with E-state index < -0.39 is 0 Å². The zero-order chi connectivity index (χ0) is 14.4. The molecule has 3 heteroatoms. The van der Waals surface area contributed by atoms with Gasteiger partial charge in [0, 0.05) is 12.6 Å². The zero-order valence-corrected chi connectivity index (χ0v) is 13.5. The lowest BCUT2D eigenvalue weighted by molar-refractivity contribution is 0.338. The minimum Gasteiger partial charge on any atom is -0.493 e. The number of hydrogen-bond donors (Lipinski definition) is 1. The average molecular weight is 334 g/mol. The Hall–Kier alpha value is -1.32. The molecule has 0 spiro atoms. The standard InChI is InChI=1S/C17H20BrNO/c1-3-20-17-10-9-14(11-16(17)18)12-19-13(2)15-7-5-4-6-8-15/h4-11,13,19H,3,12H2,1-2H3. The second-order valence-corrected chi connectivity index (χ2v) is 5.57. The Balaban J connectivity index is 1.96. The van der Waals surface area contributed by atoms with Crippen LogP contribution in [-0.2, 0) is 6.54 Å². The van der Waals surface area contributed by atoms with Gasteiger partial charge >= 0.3 is 0 Å². The minimum atomic E-state index is 0.335. The molecule has 20 heavy (non-hydrogen) atoms. The Morgan fingerprint density at radius 3 is 2.55 bits per heavy atom. The van der Waals surface area contributed by atoms with E-state index in [9.17, 15) is 0 Å². The van der Waals surface area contributed by atoms with Gasteiger partial charge in [0.05, 0.1) is 11.1 Å². The summed E-state index contributed by atoms with van der Waals surface area (Å²) in [5, 5.41) is 3.53. The number of benzene rings is 2. The van der Waals surface area contributed by atoms with Gasteiger partial charge in [-0.25, -0.2) is 0 Å². The van der Waals surface area contributed by atoms with Crippen LogP contribution in [0.2, 0.25) is 0 Å². The van der Waals surface area contributed by atoms with Gasteiger partial charge in [-0.2, -0.15) is 0 Å². The summed E-state index contributed by atoms with van der Waals surface area (Å²) in [5.41, 5.74) is 2.54. The maximum atomic E-state index is 5.52. The lowest BCUT2D eigenvalue weighted by atomic mass is 10.1. The van der Waals surface area contributed by atoms with Crippen molar-refractivity contribution in [3.05, 3.63) is 64.1 Å². The lowest BCUT2D eigenvalue weighted by Crippen LogP contribution is -2.17. The molecule has 0 amide bonds. The normalized spacial score (nSPS) is 12.2. The molecule has 1 unspecified atom stereocenters. The molecule has 2 nitrogen and oxygen atoms in total. The van der Waals surface area contributed by atoms with Crippen molar-refractivity contribution >= 4 is 15.9 Å². The van der Waals surface area contributed by atoms with Crippen LogP contribution in [0.25, 0.3) is 0 Å². The molecule has 0 aromatic heterocycles. The summed E-state index contributed by atoms with van der Waals surface area (Å²) in [6, 6.07) is 17.0. The van der Waals surface area contributed by atoms with E-state index in [-0.39, 0.29) is 0 Å². The molecule has 0 bridgehead atoms. The molecule has 2 rings (SSSR count). The molecular weight excluding hydrogens is 314 g/mol. The predicted molar refractivity (Wildman–Crippen MR) is 87.0 cm³/mol. The molecule has 0 heterocycles. The van der Waals surface area contributed by atoms with Crippen LogP contribution < -0.4 is 10.1 Å². The molecule has 0 fully saturated rings. The third-order valence-corrected chi connectivity index (χ3v) is 3.83. The van der Waals surface area contributed by atoms with E-state index in [0.717, 1.165) is 16.8 Å². The van der Waals surface area contributed by atoms with Crippen LogP contribution in [-0.4, -0.2) is 6.61 Å². The molecule has 0 aliphatic carbocycles. The molecule has 0 aliphatic heterocycles. The van der Waals surface area contributed by atoms with Crippen molar-refractivity contribution in [3.63, 3.8) is 0 Å². The van der Waals surface area contributed by atoms with Gasteiger partial charge in [-0.1, -0.05) is 36.4 Å². The Morgan fingerprint density at radius 2 is 1.90 bits per heavy atom. The summed E-state index contributed by atoms with van der Waals surface area (Å²) in [6.45, 7) is 5.69. The Labute approximate surface area is 129 Å². The molecule has 106 valence electrons. The van der Waals surface area contributed by atoms with E-state index in [4.69, 9.17) is 4.74 Å². The van der Waals surface area contributed by atoms with Gasteiger partial charge in [0.25, 0.3) is 0 Å². The van der Waals surface area contributed by atoms with E-state index in [1.54, 1.807) is 0 Å². The Kier molecular flexibility index (Phi) is 5.62. The van der Waals surface area contributed by atoms with Gasteiger partial charge < -0.3 is 10.1 Å². The first-order valence-electron chi connectivity index (χ1n) is 6.90. The monoisotopic (exact) mass is 333 g/mol. The Bertz CT molecular complexity index is 542. The highest BCUT2D eigenvalue weighted by atomic mass is 79.9. The number of ether oxygens (including phenoxy) is 1. The molecule has 0 aliphatic rings. The smallest absolute Gasteiger partial charge is 0.133 e. The summed E-state index contributed by atoms with van der Waals surface area (Å²) >= 11 is 3.55. The first kappa shape index (κ1) is 15.1. The van der Waals surface area contributed by atoms with Crippen LogP contribution in [0.4, 0.5) is 0 Å². The maximum Gasteiger partial charge on any atom is 0.133 e. The maximum absolute atomic E-state index is 5.52.